The van der Waals surface area contributed by atoms with Gasteiger partial charge in [-0.2, -0.15) is 5.26 Å². The molecule has 0 saturated carbocycles. The number of nitrogens with one attached hydrogen (secondary N) is 2. The number of methoxy groups -OCH3 is 2. The molecule has 2 heterocycles. The van der Waals surface area contributed by atoms with Crippen molar-refractivity contribution in [2.45, 2.75) is 45.4 Å². The number of nitriles is 1. The molecule has 3 rings (SSSR count). The molecule has 12 nitrogen and oxygen atoms in total. The predicted octanol–water partition coefficient (Wildman–Crippen LogP) is 3.67. The van der Waals surface area contributed by atoms with E-state index in [0.717, 1.165) is 30.4 Å². The van der Waals surface area contributed by atoms with Crippen molar-refractivity contribution >= 4 is 34.3 Å². The molecule has 0 bridgehead atoms. The fraction of sp³-hybridized carbons (Fsp3) is 0.500. The lowest BCUT2D eigenvalue weighted by Gasteiger charge is -2.18. The number of rotatable bonds is 15. The summed E-state index contributed by atoms with van der Waals surface area (Å²) < 4.78 is 12.0. The number of imidazole rings is 1. The van der Waals surface area contributed by atoms with Crippen LogP contribution in [-0.4, -0.2) is 77.5 Å². The van der Waals surface area contributed by atoms with Crippen LogP contribution in [0.4, 0.5) is 23.3 Å². The third kappa shape index (κ3) is 7.23. The number of aliphatic hydroxyl groups excluding tert-OH is 2. The first kappa shape index (κ1) is 28.9. The van der Waals surface area contributed by atoms with Gasteiger partial charge in [-0.15, -0.1) is 10.2 Å². The molecule has 0 aliphatic rings. The van der Waals surface area contributed by atoms with Gasteiger partial charge >= 0.3 is 0 Å². The van der Waals surface area contributed by atoms with E-state index < -0.39 is 12.2 Å². The fourth-order valence-electron chi connectivity index (χ4n) is 3.91. The van der Waals surface area contributed by atoms with Gasteiger partial charge in [-0.1, -0.05) is 25.5 Å². The normalized spacial score (nSPS) is 13.1. The number of azo groups is 1. The topological polar surface area (TPSA) is 162 Å². The van der Waals surface area contributed by atoms with Gasteiger partial charge in [0.1, 0.15) is 17.6 Å². The molecule has 12 heteroatoms. The van der Waals surface area contributed by atoms with Crippen LogP contribution in [0.25, 0.3) is 11.0 Å². The number of aliphatic hydroxyl groups is 2. The Kier molecular flexibility index (Phi) is 10.9. The Bertz CT molecular complexity index is 1270. The number of unbranched alkanes of at least 4 members (excludes halogenated alkanes) is 1. The summed E-state index contributed by atoms with van der Waals surface area (Å²) in [5, 5.41) is 45.2. The summed E-state index contributed by atoms with van der Waals surface area (Å²) in [6.45, 7) is 5.15. The quantitative estimate of drug-likeness (QED) is 0.217. The SMILES string of the molecule is CCCCn1c(N=Nc2c(NCC(O)COC)nc(NCC(O)COC)c(C#N)c2C)nc2ccccc21. The second-order valence-electron chi connectivity index (χ2n) is 8.86. The number of fused-ring (bicyclic) bond motifs is 1. The molecule has 0 aliphatic heterocycles. The Morgan fingerprint density at radius 3 is 2.32 bits per heavy atom. The van der Waals surface area contributed by atoms with Crippen molar-refractivity contribution < 1.29 is 19.7 Å². The van der Waals surface area contributed by atoms with E-state index in [-0.39, 0.29) is 37.7 Å². The molecule has 0 radical (unpaired) electrons. The number of ether oxygens (including phenoxy) is 2. The van der Waals surface area contributed by atoms with E-state index in [0.29, 0.717) is 23.0 Å². The minimum absolute atomic E-state index is 0.128. The van der Waals surface area contributed by atoms with Gasteiger partial charge in [0.2, 0.25) is 5.95 Å². The van der Waals surface area contributed by atoms with Gasteiger partial charge in [0.25, 0.3) is 0 Å². The summed E-state index contributed by atoms with van der Waals surface area (Å²) in [5.41, 5.74) is 2.95. The molecule has 0 saturated heterocycles. The van der Waals surface area contributed by atoms with Gasteiger partial charge in [-0.3, -0.25) is 0 Å². The van der Waals surface area contributed by atoms with Crippen LogP contribution in [0.5, 0.6) is 0 Å². The van der Waals surface area contributed by atoms with Gasteiger partial charge in [0.05, 0.1) is 42.0 Å². The number of aryl methyl sites for hydroxylation is 1. The highest BCUT2D eigenvalue weighted by Gasteiger charge is 2.19. The third-order valence-corrected chi connectivity index (χ3v) is 5.86. The largest absolute Gasteiger partial charge is 0.389 e. The van der Waals surface area contributed by atoms with E-state index in [9.17, 15) is 15.5 Å². The predicted molar refractivity (Wildman–Crippen MR) is 145 cm³/mol. The molecule has 204 valence electrons. The number of aromatic nitrogens is 3. The number of hydrogen-bond donors (Lipinski definition) is 4. The van der Waals surface area contributed by atoms with E-state index in [2.05, 4.69) is 43.8 Å². The van der Waals surface area contributed by atoms with Crippen LogP contribution in [0.2, 0.25) is 0 Å². The number of para-hydroxylation sites is 2. The number of benzene rings is 1. The van der Waals surface area contributed by atoms with E-state index in [1.807, 2.05) is 28.8 Å². The summed E-state index contributed by atoms with van der Waals surface area (Å²) in [6.07, 6.45) is 0.398. The Hall–Kier alpha value is -3.63. The molecule has 4 N–H and O–H groups in total. The van der Waals surface area contributed by atoms with Gasteiger partial charge in [0, 0.05) is 39.4 Å². The van der Waals surface area contributed by atoms with Crippen molar-refractivity contribution in [1.29, 1.82) is 5.26 Å². The fourth-order valence-corrected chi connectivity index (χ4v) is 3.91. The zero-order valence-corrected chi connectivity index (χ0v) is 22.3. The molecule has 0 aliphatic carbocycles. The molecule has 3 aromatic rings. The van der Waals surface area contributed by atoms with Crippen LogP contribution in [0.3, 0.4) is 0 Å². The second-order valence-corrected chi connectivity index (χ2v) is 8.86. The number of hydrogen-bond acceptors (Lipinski definition) is 11. The van der Waals surface area contributed by atoms with Gasteiger partial charge in [-0.25, -0.2) is 9.97 Å². The summed E-state index contributed by atoms with van der Waals surface area (Å²) in [6, 6.07) is 9.99. The average Bonchev–Trinajstić information content (AvgIpc) is 3.26. The molecular weight excluding hydrogens is 488 g/mol. The average molecular weight is 525 g/mol. The van der Waals surface area contributed by atoms with Gasteiger partial charge < -0.3 is 34.9 Å². The van der Waals surface area contributed by atoms with Gasteiger partial charge in [-0.05, 0) is 25.5 Å². The molecule has 0 spiro atoms. The van der Waals surface area contributed by atoms with E-state index in [1.54, 1.807) is 6.92 Å². The van der Waals surface area contributed by atoms with Crippen LogP contribution >= 0.6 is 0 Å². The first-order valence-electron chi connectivity index (χ1n) is 12.6. The maximum Gasteiger partial charge on any atom is 0.250 e. The summed E-state index contributed by atoms with van der Waals surface area (Å²) >= 11 is 0. The monoisotopic (exact) mass is 524 g/mol. The molecular formula is C26H36N8O4. The van der Waals surface area contributed by atoms with Crippen molar-refractivity contribution in [3.63, 3.8) is 0 Å². The van der Waals surface area contributed by atoms with Crippen molar-refractivity contribution in [3.05, 3.63) is 35.4 Å². The smallest absolute Gasteiger partial charge is 0.250 e. The zero-order chi connectivity index (χ0) is 27.5. The minimum atomic E-state index is -0.791. The zero-order valence-electron chi connectivity index (χ0n) is 22.3. The summed E-state index contributed by atoms with van der Waals surface area (Å²) in [7, 11) is 3.00. The highest BCUT2D eigenvalue weighted by Crippen LogP contribution is 2.35. The van der Waals surface area contributed by atoms with Crippen LogP contribution in [-0.2, 0) is 16.0 Å². The third-order valence-electron chi connectivity index (χ3n) is 5.86. The molecule has 38 heavy (non-hydrogen) atoms. The molecule has 0 fully saturated rings. The van der Waals surface area contributed by atoms with Crippen molar-refractivity contribution in [2.75, 3.05) is 51.2 Å². The highest BCUT2D eigenvalue weighted by molar-refractivity contribution is 5.78. The lowest BCUT2D eigenvalue weighted by molar-refractivity contribution is 0.0726. The van der Waals surface area contributed by atoms with Crippen LogP contribution in [0, 0.1) is 18.3 Å². The van der Waals surface area contributed by atoms with Crippen LogP contribution in [0.15, 0.2) is 34.5 Å². The van der Waals surface area contributed by atoms with Crippen molar-refractivity contribution in [3.8, 4) is 6.07 Å². The molecule has 0 amide bonds. The Labute approximate surface area is 222 Å². The van der Waals surface area contributed by atoms with Crippen LogP contribution < -0.4 is 10.6 Å². The number of anilines is 2. The number of nitrogens with zero attached hydrogens (tertiary/aromatic N) is 6. The van der Waals surface area contributed by atoms with Crippen LogP contribution in [0.1, 0.15) is 30.9 Å². The van der Waals surface area contributed by atoms with Crippen molar-refractivity contribution in [2.24, 2.45) is 10.2 Å². The van der Waals surface area contributed by atoms with E-state index >= 15 is 0 Å². The Morgan fingerprint density at radius 2 is 1.68 bits per heavy atom. The van der Waals surface area contributed by atoms with Gasteiger partial charge in [0.15, 0.2) is 5.82 Å². The van der Waals surface area contributed by atoms with E-state index in [4.69, 9.17) is 9.47 Å². The molecule has 2 unspecified atom stereocenters. The first-order valence-corrected chi connectivity index (χ1v) is 12.6. The maximum atomic E-state index is 10.2. The maximum absolute atomic E-state index is 10.2. The Balaban J connectivity index is 2.04. The summed E-state index contributed by atoms with van der Waals surface area (Å²) in [4.78, 5) is 9.22. The lowest BCUT2D eigenvalue weighted by Crippen LogP contribution is -2.26. The van der Waals surface area contributed by atoms with E-state index in [1.165, 1.54) is 14.2 Å². The molecule has 2 aromatic heterocycles. The summed E-state index contributed by atoms with van der Waals surface area (Å²) in [5.74, 6) is 1.05. The first-order chi connectivity index (χ1) is 18.4. The minimum Gasteiger partial charge on any atom is -0.389 e. The standard InChI is InChI=1S/C26H36N8O4/c1-5-6-11-34-22-10-8-7-9-21(22)30-26(34)33-32-23-17(2)20(12-27)24(28-13-18(35)15-37-3)31-25(23)29-14-19(36)16-38-4/h7-10,18-19,35-36H,5-6,11,13-16H2,1-4H3,(H2,28,29,31). The highest BCUT2D eigenvalue weighted by atomic mass is 16.5. The Morgan fingerprint density at radius 1 is 1.03 bits per heavy atom. The lowest BCUT2D eigenvalue weighted by atomic mass is 10.1. The molecule has 2 atom stereocenters. The number of pyridine rings is 1. The second kappa shape index (κ2) is 14.3. The molecule has 1 aromatic carbocycles. The van der Waals surface area contributed by atoms with Crippen molar-refractivity contribution in [1.82, 2.24) is 14.5 Å².